The van der Waals surface area contributed by atoms with Crippen LogP contribution in [0.3, 0.4) is 0 Å². The highest BCUT2D eigenvalue weighted by Gasteiger charge is 2.26. The number of methoxy groups -OCH3 is 1. The normalized spacial score (nSPS) is 11.7. The van der Waals surface area contributed by atoms with Gasteiger partial charge in [-0.1, -0.05) is 11.6 Å². The van der Waals surface area contributed by atoms with Gasteiger partial charge in [-0.05, 0) is 36.7 Å². The van der Waals surface area contributed by atoms with E-state index in [1.165, 1.54) is 9.42 Å². The van der Waals surface area contributed by atoms with E-state index in [0.717, 1.165) is 0 Å². The Morgan fingerprint density at radius 2 is 2.17 bits per heavy atom. The van der Waals surface area contributed by atoms with E-state index in [9.17, 15) is 4.79 Å². The molecule has 0 aliphatic rings. The highest BCUT2D eigenvalue weighted by atomic mass is 79.9. The van der Waals surface area contributed by atoms with E-state index in [1.807, 2.05) is 0 Å². The van der Waals surface area contributed by atoms with Gasteiger partial charge < -0.3 is 9.47 Å². The highest BCUT2D eigenvalue weighted by molar-refractivity contribution is 9.10. The van der Waals surface area contributed by atoms with Gasteiger partial charge in [0.05, 0.1) is 23.8 Å². The second kappa shape index (κ2) is 7.02. The van der Waals surface area contributed by atoms with E-state index >= 15 is 0 Å². The molecule has 0 unspecified atom stereocenters. The zero-order valence-corrected chi connectivity index (χ0v) is 15.7. The number of hydrogen-bond donors (Lipinski definition) is 0. The summed E-state index contributed by atoms with van der Waals surface area (Å²) in [5, 5.41) is 4.48. The predicted octanol–water partition coefficient (Wildman–Crippen LogP) is 3.53. The molecule has 2 heterocycles. The predicted molar refractivity (Wildman–Crippen MR) is 91.2 cm³/mol. The Labute approximate surface area is 147 Å². The Morgan fingerprint density at radius 3 is 2.78 bits per heavy atom. The number of fused-ring (bicyclic) bond motifs is 1. The van der Waals surface area contributed by atoms with E-state index in [2.05, 4.69) is 26.0 Å². The maximum Gasteiger partial charge on any atom is 0.416 e. The molecule has 0 spiro atoms. The smallest absolute Gasteiger partial charge is 0.416 e. The van der Waals surface area contributed by atoms with Crippen LogP contribution in [0, 0.1) is 0 Å². The van der Waals surface area contributed by atoms with Crippen molar-refractivity contribution in [2.24, 2.45) is 0 Å². The summed E-state index contributed by atoms with van der Waals surface area (Å²) in [4.78, 5) is 18.2. The monoisotopic (exact) mass is 404 g/mol. The molecule has 9 heteroatoms. The number of anilines is 1. The molecular formula is C14H18BrClN4O3. The van der Waals surface area contributed by atoms with Crippen LogP contribution in [-0.2, 0) is 9.47 Å². The molecule has 0 bridgehead atoms. The Hall–Kier alpha value is -1.38. The number of rotatable bonds is 4. The molecule has 2 aromatic heterocycles. The van der Waals surface area contributed by atoms with Crippen molar-refractivity contribution >= 4 is 45.1 Å². The van der Waals surface area contributed by atoms with Gasteiger partial charge in [0.15, 0.2) is 5.65 Å². The van der Waals surface area contributed by atoms with E-state index in [1.54, 1.807) is 40.1 Å². The third kappa shape index (κ3) is 4.33. The first-order valence-electron chi connectivity index (χ1n) is 6.92. The van der Waals surface area contributed by atoms with Crippen LogP contribution in [0.5, 0.6) is 0 Å². The van der Waals surface area contributed by atoms with Crippen molar-refractivity contribution in [3.8, 4) is 0 Å². The fourth-order valence-corrected chi connectivity index (χ4v) is 2.41. The number of amides is 1. The number of nitrogens with zero attached hydrogens (tertiary/aromatic N) is 4. The van der Waals surface area contributed by atoms with Crippen molar-refractivity contribution < 1.29 is 14.3 Å². The number of aromatic nitrogens is 3. The van der Waals surface area contributed by atoms with Crippen LogP contribution in [0.1, 0.15) is 20.8 Å². The van der Waals surface area contributed by atoms with Gasteiger partial charge in [-0.25, -0.2) is 9.78 Å². The molecule has 0 aliphatic carbocycles. The lowest BCUT2D eigenvalue weighted by molar-refractivity contribution is 0.0567. The summed E-state index contributed by atoms with van der Waals surface area (Å²) in [7, 11) is 1.56. The molecule has 0 saturated carbocycles. The quantitative estimate of drug-likeness (QED) is 0.728. The molecular weight excluding hydrogens is 388 g/mol. The van der Waals surface area contributed by atoms with Crippen LogP contribution < -0.4 is 4.90 Å². The number of halogens is 2. The largest absolute Gasteiger partial charge is 0.443 e. The summed E-state index contributed by atoms with van der Waals surface area (Å²) in [6.45, 7) is 6.04. The molecule has 23 heavy (non-hydrogen) atoms. The molecule has 0 aliphatic heterocycles. The molecule has 0 atom stereocenters. The van der Waals surface area contributed by atoms with Gasteiger partial charge in [0.25, 0.3) is 0 Å². The van der Waals surface area contributed by atoms with Crippen LogP contribution in [0.4, 0.5) is 10.6 Å². The van der Waals surface area contributed by atoms with Gasteiger partial charge in [0.1, 0.15) is 16.6 Å². The number of hydrogen-bond acceptors (Lipinski definition) is 5. The average molecular weight is 406 g/mol. The van der Waals surface area contributed by atoms with Gasteiger partial charge in [0.2, 0.25) is 0 Å². The van der Waals surface area contributed by atoms with E-state index in [0.29, 0.717) is 29.1 Å². The minimum absolute atomic E-state index is 0.250. The van der Waals surface area contributed by atoms with E-state index in [-0.39, 0.29) is 5.15 Å². The molecule has 0 N–H and O–H groups in total. The molecule has 0 fully saturated rings. The third-order valence-electron chi connectivity index (χ3n) is 2.79. The van der Waals surface area contributed by atoms with Gasteiger partial charge >= 0.3 is 6.09 Å². The van der Waals surface area contributed by atoms with Crippen molar-refractivity contribution in [3.63, 3.8) is 0 Å². The first kappa shape index (κ1) is 18.0. The van der Waals surface area contributed by atoms with Crippen molar-refractivity contribution in [3.05, 3.63) is 21.9 Å². The lowest BCUT2D eigenvalue weighted by atomic mass is 10.2. The lowest BCUT2D eigenvalue weighted by Gasteiger charge is -2.27. The SMILES string of the molecule is COCCN(C(=O)OC(C)(C)C)c1cc(Cl)nc2c(Br)cnn12. The van der Waals surface area contributed by atoms with Crippen LogP contribution >= 0.6 is 27.5 Å². The molecule has 0 aromatic carbocycles. The van der Waals surface area contributed by atoms with Crippen molar-refractivity contribution in [2.75, 3.05) is 25.2 Å². The van der Waals surface area contributed by atoms with Gasteiger partial charge in [-0.15, -0.1) is 0 Å². The topological polar surface area (TPSA) is 69.0 Å². The zero-order chi connectivity index (χ0) is 17.2. The zero-order valence-electron chi connectivity index (χ0n) is 13.3. The van der Waals surface area contributed by atoms with Crippen molar-refractivity contribution in [2.45, 2.75) is 26.4 Å². The Balaban J connectivity index is 2.48. The average Bonchev–Trinajstić information content (AvgIpc) is 2.79. The summed E-state index contributed by atoms with van der Waals surface area (Å²) in [5.74, 6) is 0.456. The molecule has 2 aromatic rings. The standard InChI is InChI=1S/C14H18BrClN4O3/c1-14(2,3)23-13(21)19(5-6-22-4)11-7-10(16)18-12-9(15)8-17-20(11)12/h7-8H,5-6H2,1-4H3. The van der Waals surface area contributed by atoms with E-state index in [4.69, 9.17) is 21.1 Å². The summed E-state index contributed by atoms with van der Waals surface area (Å²) in [5.41, 5.74) is -0.110. The minimum atomic E-state index is -0.622. The molecule has 0 saturated heterocycles. The number of carbonyl (C=O) groups is 1. The summed E-state index contributed by atoms with van der Waals surface area (Å²) < 4.78 is 12.7. The number of ether oxygens (including phenoxy) is 2. The number of carbonyl (C=O) groups excluding carboxylic acids is 1. The second-order valence-corrected chi connectivity index (χ2v) is 7.03. The Bertz CT molecular complexity index is 714. The van der Waals surface area contributed by atoms with Gasteiger partial charge in [-0.2, -0.15) is 9.61 Å². The molecule has 0 radical (unpaired) electrons. The molecule has 126 valence electrons. The van der Waals surface area contributed by atoms with Crippen molar-refractivity contribution in [1.29, 1.82) is 0 Å². The van der Waals surface area contributed by atoms with E-state index < -0.39 is 11.7 Å². The second-order valence-electron chi connectivity index (χ2n) is 5.79. The van der Waals surface area contributed by atoms with Crippen LogP contribution in [0.25, 0.3) is 5.65 Å². The van der Waals surface area contributed by atoms with Crippen LogP contribution in [-0.4, -0.2) is 46.6 Å². The Kier molecular flexibility index (Phi) is 5.49. The van der Waals surface area contributed by atoms with Crippen LogP contribution in [0.2, 0.25) is 5.15 Å². The molecule has 1 amide bonds. The van der Waals surface area contributed by atoms with Gasteiger partial charge in [-0.3, -0.25) is 4.90 Å². The Morgan fingerprint density at radius 1 is 1.48 bits per heavy atom. The van der Waals surface area contributed by atoms with Crippen LogP contribution in [0.15, 0.2) is 16.7 Å². The van der Waals surface area contributed by atoms with Gasteiger partial charge in [0, 0.05) is 13.2 Å². The summed E-state index contributed by atoms with van der Waals surface area (Å²) >= 11 is 9.44. The molecule has 7 nitrogen and oxygen atoms in total. The summed E-state index contributed by atoms with van der Waals surface area (Å²) in [6.07, 6.45) is 1.08. The summed E-state index contributed by atoms with van der Waals surface area (Å²) in [6, 6.07) is 1.56. The highest BCUT2D eigenvalue weighted by Crippen LogP contribution is 2.26. The first-order valence-corrected chi connectivity index (χ1v) is 8.09. The lowest BCUT2D eigenvalue weighted by Crippen LogP contribution is -2.39. The molecule has 2 rings (SSSR count). The minimum Gasteiger partial charge on any atom is -0.443 e. The maximum atomic E-state index is 12.6. The first-order chi connectivity index (χ1) is 10.7. The fraction of sp³-hybridized carbons (Fsp3) is 0.500. The third-order valence-corrected chi connectivity index (χ3v) is 3.54. The van der Waals surface area contributed by atoms with Crippen molar-refractivity contribution in [1.82, 2.24) is 14.6 Å². The fourth-order valence-electron chi connectivity index (χ4n) is 1.88. The maximum absolute atomic E-state index is 12.6.